The fourth-order valence-electron chi connectivity index (χ4n) is 1.91. The van der Waals surface area contributed by atoms with Crippen molar-refractivity contribution < 1.29 is 4.79 Å². The fraction of sp³-hybridized carbons (Fsp3) is 0.278. The van der Waals surface area contributed by atoms with Gasteiger partial charge in [-0.25, -0.2) is 0 Å². The second-order valence-corrected chi connectivity index (χ2v) is 7.42. The van der Waals surface area contributed by atoms with E-state index in [1.165, 1.54) is 5.56 Å². The third-order valence-electron chi connectivity index (χ3n) is 3.08. The highest BCUT2D eigenvalue weighted by Crippen LogP contribution is 2.22. The summed E-state index contributed by atoms with van der Waals surface area (Å²) in [5, 5.41) is 2.94. The fourth-order valence-corrected chi connectivity index (χ4v) is 3.64. The molecule has 2 aromatic rings. The number of thioether (sulfide) groups is 2. The van der Waals surface area contributed by atoms with E-state index >= 15 is 0 Å². The molecule has 0 aromatic heterocycles. The van der Waals surface area contributed by atoms with Gasteiger partial charge < -0.3 is 5.32 Å². The van der Waals surface area contributed by atoms with Crippen LogP contribution in [-0.2, 0) is 10.5 Å². The largest absolute Gasteiger partial charge is 0.354 e. The van der Waals surface area contributed by atoms with Crippen molar-refractivity contribution in [3.05, 3.63) is 66.2 Å². The van der Waals surface area contributed by atoms with Gasteiger partial charge in [0.1, 0.15) is 0 Å². The van der Waals surface area contributed by atoms with Crippen molar-refractivity contribution in [3.63, 3.8) is 0 Å². The lowest BCUT2D eigenvalue weighted by Gasteiger charge is -2.11. The minimum Gasteiger partial charge on any atom is -0.354 e. The molecule has 22 heavy (non-hydrogen) atoms. The van der Waals surface area contributed by atoms with Crippen LogP contribution in [0, 0.1) is 0 Å². The van der Waals surface area contributed by atoms with Crippen molar-refractivity contribution in [2.75, 3.05) is 12.3 Å². The lowest BCUT2D eigenvalue weighted by molar-refractivity contribution is -0.120. The molecule has 0 heterocycles. The summed E-state index contributed by atoms with van der Waals surface area (Å²) in [6, 6.07) is 20.4. The van der Waals surface area contributed by atoms with Crippen LogP contribution < -0.4 is 5.32 Å². The van der Waals surface area contributed by atoms with Crippen molar-refractivity contribution in [1.82, 2.24) is 5.32 Å². The summed E-state index contributed by atoms with van der Waals surface area (Å²) < 4.78 is 0. The molecule has 0 bridgehead atoms. The molecule has 0 saturated heterocycles. The summed E-state index contributed by atoms with van der Waals surface area (Å²) in [5.74, 6) is 2.03. The van der Waals surface area contributed by atoms with Crippen molar-refractivity contribution in [2.24, 2.45) is 0 Å². The molecule has 0 unspecified atom stereocenters. The first-order valence-electron chi connectivity index (χ1n) is 7.37. The SMILES string of the molecule is C[C@H](Sc1ccccc1)C(=O)NCCSCc1ccccc1. The lowest BCUT2D eigenvalue weighted by atomic mass is 10.2. The highest BCUT2D eigenvalue weighted by molar-refractivity contribution is 8.00. The molecule has 2 nitrogen and oxygen atoms in total. The van der Waals surface area contributed by atoms with E-state index in [0.29, 0.717) is 0 Å². The Balaban J connectivity index is 1.61. The molecule has 2 aromatic carbocycles. The maximum absolute atomic E-state index is 12.0. The molecule has 116 valence electrons. The van der Waals surface area contributed by atoms with Crippen LogP contribution in [0.1, 0.15) is 12.5 Å². The zero-order valence-electron chi connectivity index (χ0n) is 12.7. The van der Waals surface area contributed by atoms with E-state index in [1.807, 2.05) is 55.1 Å². The Bertz CT molecular complexity index is 560. The molecular formula is C18H21NOS2. The minimum atomic E-state index is -0.0680. The molecule has 4 heteroatoms. The summed E-state index contributed by atoms with van der Waals surface area (Å²) >= 11 is 3.44. The van der Waals surface area contributed by atoms with Crippen LogP contribution in [0.25, 0.3) is 0 Å². The number of benzene rings is 2. The van der Waals surface area contributed by atoms with E-state index in [1.54, 1.807) is 11.8 Å². The van der Waals surface area contributed by atoms with Crippen LogP contribution in [0.2, 0.25) is 0 Å². The number of nitrogens with one attached hydrogen (secondary N) is 1. The number of hydrogen-bond acceptors (Lipinski definition) is 3. The number of carbonyl (C=O) groups excluding carboxylic acids is 1. The average molecular weight is 332 g/mol. The second kappa shape index (κ2) is 9.59. The van der Waals surface area contributed by atoms with Gasteiger partial charge in [0.05, 0.1) is 5.25 Å². The summed E-state index contributed by atoms with van der Waals surface area (Å²) in [6.45, 7) is 2.67. The van der Waals surface area contributed by atoms with Crippen LogP contribution in [-0.4, -0.2) is 23.5 Å². The van der Waals surface area contributed by atoms with Crippen LogP contribution in [0.15, 0.2) is 65.6 Å². The number of hydrogen-bond donors (Lipinski definition) is 1. The predicted molar refractivity (Wildman–Crippen MR) is 97.4 cm³/mol. The van der Waals surface area contributed by atoms with Gasteiger partial charge in [-0.2, -0.15) is 11.8 Å². The van der Waals surface area contributed by atoms with Crippen LogP contribution >= 0.6 is 23.5 Å². The van der Waals surface area contributed by atoms with E-state index in [4.69, 9.17) is 0 Å². The first-order chi connectivity index (χ1) is 10.8. The molecule has 0 spiro atoms. The first kappa shape index (κ1) is 17.0. The van der Waals surface area contributed by atoms with E-state index < -0.39 is 0 Å². The summed E-state index contributed by atoms with van der Waals surface area (Å²) in [4.78, 5) is 13.2. The molecule has 1 amide bonds. The molecule has 0 fully saturated rings. The summed E-state index contributed by atoms with van der Waals surface area (Å²) in [7, 11) is 0. The van der Waals surface area contributed by atoms with Crippen molar-refractivity contribution in [3.8, 4) is 0 Å². The van der Waals surface area contributed by atoms with E-state index in [2.05, 4.69) is 29.6 Å². The third kappa shape index (κ3) is 6.16. The predicted octanol–water partition coefficient (Wildman–Crippen LogP) is 4.22. The monoisotopic (exact) mass is 331 g/mol. The molecule has 0 aliphatic heterocycles. The molecule has 2 rings (SSSR count). The van der Waals surface area contributed by atoms with Crippen LogP contribution in [0.5, 0.6) is 0 Å². The standard InChI is InChI=1S/C18H21NOS2/c1-15(22-17-10-6-3-7-11-17)18(20)19-12-13-21-14-16-8-4-2-5-9-16/h2-11,15H,12-14H2,1H3,(H,19,20)/t15-/m0/s1. The Morgan fingerprint density at radius 3 is 2.36 bits per heavy atom. The third-order valence-corrected chi connectivity index (χ3v) is 5.22. The normalized spacial score (nSPS) is 11.9. The van der Waals surface area contributed by atoms with Gasteiger partial charge in [-0.15, -0.1) is 11.8 Å². The molecule has 0 saturated carbocycles. The number of amides is 1. The van der Waals surface area contributed by atoms with Gasteiger partial charge in [0.2, 0.25) is 5.91 Å². The zero-order valence-corrected chi connectivity index (χ0v) is 14.3. The van der Waals surface area contributed by atoms with Crippen molar-refractivity contribution in [2.45, 2.75) is 22.8 Å². The second-order valence-electron chi connectivity index (χ2n) is 4.90. The molecule has 1 N–H and O–H groups in total. The highest BCUT2D eigenvalue weighted by atomic mass is 32.2. The van der Waals surface area contributed by atoms with Crippen molar-refractivity contribution in [1.29, 1.82) is 0 Å². The zero-order chi connectivity index (χ0) is 15.6. The quantitative estimate of drug-likeness (QED) is 0.580. The molecule has 0 radical (unpaired) electrons. The molecule has 0 aliphatic carbocycles. The van der Waals surface area contributed by atoms with Gasteiger partial charge in [0.25, 0.3) is 0 Å². The lowest BCUT2D eigenvalue weighted by Crippen LogP contribution is -2.32. The molecule has 0 aliphatic rings. The van der Waals surface area contributed by atoms with Crippen molar-refractivity contribution >= 4 is 29.4 Å². The number of rotatable bonds is 8. The van der Waals surface area contributed by atoms with Gasteiger partial charge in [0.15, 0.2) is 0 Å². The molecule has 1 atom stereocenters. The topological polar surface area (TPSA) is 29.1 Å². The minimum absolute atomic E-state index is 0.0680. The Morgan fingerprint density at radius 2 is 1.68 bits per heavy atom. The highest BCUT2D eigenvalue weighted by Gasteiger charge is 2.13. The summed E-state index contributed by atoms with van der Waals surface area (Å²) in [6.07, 6.45) is 0. The van der Waals surface area contributed by atoms with E-state index in [-0.39, 0.29) is 11.2 Å². The van der Waals surface area contributed by atoms with Crippen LogP contribution in [0.3, 0.4) is 0 Å². The Hall–Kier alpha value is -1.39. The maximum atomic E-state index is 12.0. The number of carbonyl (C=O) groups is 1. The summed E-state index contributed by atoms with van der Waals surface area (Å²) in [5.41, 5.74) is 1.33. The van der Waals surface area contributed by atoms with Gasteiger partial charge in [0, 0.05) is 22.9 Å². The smallest absolute Gasteiger partial charge is 0.233 e. The van der Waals surface area contributed by atoms with Gasteiger partial charge in [-0.1, -0.05) is 48.5 Å². The molecular weight excluding hydrogens is 310 g/mol. The first-order valence-corrected chi connectivity index (χ1v) is 9.40. The Kier molecular flexibility index (Phi) is 7.40. The average Bonchev–Trinajstić information content (AvgIpc) is 2.56. The van der Waals surface area contributed by atoms with Crippen LogP contribution in [0.4, 0.5) is 0 Å². The maximum Gasteiger partial charge on any atom is 0.233 e. The van der Waals surface area contributed by atoms with Gasteiger partial charge >= 0.3 is 0 Å². The van der Waals surface area contributed by atoms with E-state index in [0.717, 1.165) is 22.9 Å². The Labute approximate surface area is 141 Å². The van der Waals surface area contributed by atoms with Gasteiger partial charge in [-0.05, 0) is 24.6 Å². The Morgan fingerprint density at radius 1 is 1.05 bits per heavy atom. The van der Waals surface area contributed by atoms with E-state index in [9.17, 15) is 4.79 Å². The van der Waals surface area contributed by atoms with Gasteiger partial charge in [-0.3, -0.25) is 4.79 Å².